The highest BCUT2D eigenvalue weighted by Gasteiger charge is 2.03. The average molecular weight is 176 g/mol. The van der Waals surface area contributed by atoms with Crippen LogP contribution in [0.15, 0.2) is 10.6 Å². The molecule has 0 aromatic carbocycles. The molecule has 0 unspecified atom stereocenters. The van der Waals surface area contributed by atoms with Crippen LogP contribution in [0.3, 0.4) is 0 Å². The molecule has 0 fully saturated rings. The second kappa shape index (κ2) is 7.63. The molecule has 0 radical (unpaired) electrons. The van der Waals surface area contributed by atoms with Gasteiger partial charge in [0.05, 0.1) is 4.91 Å². The normalized spacial score (nSPS) is 11.0. The molecule has 0 aromatic rings. The number of hydrogen-bond acceptors (Lipinski definition) is 4. The van der Waals surface area contributed by atoms with Gasteiger partial charge in [-0.25, -0.2) is 0 Å². The minimum absolute atomic E-state index is 0.0810. The highest BCUT2D eigenvalue weighted by molar-refractivity contribution is 8.01. The van der Waals surface area contributed by atoms with E-state index >= 15 is 0 Å². The fourth-order valence-corrected chi connectivity index (χ4v) is 0.805. The number of rotatable bonds is 2. The summed E-state index contributed by atoms with van der Waals surface area (Å²) < 4.78 is 0. The molecular formula is C7H16N2OS. The Bertz CT molecular complexity index is 151. The first-order valence-electron chi connectivity index (χ1n) is 3.43. The van der Waals surface area contributed by atoms with Gasteiger partial charge in [-0.3, -0.25) is 9.93 Å². The molecule has 0 saturated carbocycles. The maximum Gasteiger partial charge on any atom is 0.169 e. The van der Waals surface area contributed by atoms with Gasteiger partial charge in [-0.05, 0) is 25.8 Å². The molecule has 0 amide bonds. The van der Waals surface area contributed by atoms with Crippen molar-refractivity contribution < 1.29 is 4.79 Å². The Kier molecular flexibility index (Phi) is 9.10. The van der Waals surface area contributed by atoms with Gasteiger partial charge in [-0.1, -0.05) is 13.8 Å². The summed E-state index contributed by atoms with van der Waals surface area (Å²) in [4.78, 5) is 11.0. The topological polar surface area (TPSA) is 69.1 Å². The molecule has 4 N–H and O–H groups in total. The minimum Gasteiger partial charge on any atom is -0.401 e. The smallest absolute Gasteiger partial charge is 0.169 e. The first-order valence-corrected chi connectivity index (χ1v) is 4.31. The number of carbonyl (C=O) groups excluding carboxylic acids is 1. The second-order valence-corrected chi connectivity index (χ2v) is 2.33. The van der Waals surface area contributed by atoms with Crippen molar-refractivity contribution in [2.75, 3.05) is 0 Å². The summed E-state index contributed by atoms with van der Waals surface area (Å²) in [5.41, 5.74) is 5.79. The minimum atomic E-state index is -0.0810. The average Bonchev–Trinajstić information content (AvgIpc) is 1.91. The van der Waals surface area contributed by atoms with Crippen molar-refractivity contribution in [3.05, 3.63) is 10.6 Å². The zero-order valence-corrected chi connectivity index (χ0v) is 8.29. The summed E-state index contributed by atoms with van der Waals surface area (Å²) in [5.74, 6) is -0.0810. The maximum atomic E-state index is 10.6. The van der Waals surface area contributed by atoms with Gasteiger partial charge in [-0.2, -0.15) is 0 Å². The number of nitrogens with two attached hydrogens (primary N) is 2. The van der Waals surface area contributed by atoms with Gasteiger partial charge in [0.1, 0.15) is 0 Å². The van der Waals surface area contributed by atoms with Crippen molar-refractivity contribution in [1.29, 1.82) is 0 Å². The Morgan fingerprint density at radius 1 is 1.27 bits per heavy atom. The first-order chi connectivity index (χ1) is 5.09. The SMILES string of the molecule is CC.CC(=O)/C(SN)=C(\C)N. The molecule has 3 nitrogen and oxygen atoms in total. The molecule has 66 valence electrons. The van der Waals surface area contributed by atoms with Crippen molar-refractivity contribution in [3.8, 4) is 0 Å². The van der Waals surface area contributed by atoms with E-state index in [2.05, 4.69) is 0 Å². The fraction of sp³-hybridized carbons (Fsp3) is 0.571. The number of hydrogen-bond donors (Lipinski definition) is 2. The maximum absolute atomic E-state index is 10.6. The lowest BCUT2D eigenvalue weighted by Crippen LogP contribution is -2.04. The van der Waals surface area contributed by atoms with Crippen LogP contribution in [-0.2, 0) is 4.79 Å². The molecule has 0 atom stereocenters. The van der Waals surface area contributed by atoms with Crippen LogP contribution in [0.2, 0.25) is 0 Å². The van der Waals surface area contributed by atoms with Crippen molar-refractivity contribution >= 4 is 17.7 Å². The monoisotopic (exact) mass is 176 g/mol. The van der Waals surface area contributed by atoms with Crippen molar-refractivity contribution in [2.45, 2.75) is 27.7 Å². The van der Waals surface area contributed by atoms with Gasteiger partial charge >= 0.3 is 0 Å². The largest absolute Gasteiger partial charge is 0.401 e. The van der Waals surface area contributed by atoms with Crippen LogP contribution in [-0.4, -0.2) is 5.78 Å². The Morgan fingerprint density at radius 2 is 1.64 bits per heavy atom. The molecule has 11 heavy (non-hydrogen) atoms. The van der Waals surface area contributed by atoms with Gasteiger partial charge in [0.2, 0.25) is 0 Å². The molecule has 0 heterocycles. The van der Waals surface area contributed by atoms with Crippen LogP contribution in [0.1, 0.15) is 27.7 Å². The molecule has 0 bridgehead atoms. The van der Waals surface area contributed by atoms with E-state index in [1.807, 2.05) is 13.8 Å². The lowest BCUT2D eigenvalue weighted by atomic mass is 10.3. The van der Waals surface area contributed by atoms with Crippen molar-refractivity contribution in [3.63, 3.8) is 0 Å². The summed E-state index contributed by atoms with van der Waals surface area (Å²) in [6.45, 7) is 7.09. The molecule has 0 aliphatic heterocycles. The van der Waals surface area contributed by atoms with E-state index < -0.39 is 0 Å². The predicted molar refractivity (Wildman–Crippen MR) is 50.7 cm³/mol. The highest BCUT2D eigenvalue weighted by Crippen LogP contribution is 2.10. The van der Waals surface area contributed by atoms with Crippen LogP contribution < -0.4 is 10.9 Å². The highest BCUT2D eigenvalue weighted by atomic mass is 32.2. The predicted octanol–water partition coefficient (Wildman–Crippen LogP) is 1.40. The van der Waals surface area contributed by atoms with Crippen LogP contribution in [0.4, 0.5) is 0 Å². The third-order valence-electron chi connectivity index (χ3n) is 0.796. The molecule has 0 saturated heterocycles. The van der Waals surface area contributed by atoms with Gasteiger partial charge in [0.15, 0.2) is 5.78 Å². The quantitative estimate of drug-likeness (QED) is 0.493. The number of carbonyl (C=O) groups is 1. The van der Waals surface area contributed by atoms with E-state index in [0.29, 0.717) is 10.6 Å². The number of allylic oxidation sites excluding steroid dienone is 2. The Balaban J connectivity index is 0. The lowest BCUT2D eigenvalue weighted by Gasteiger charge is -1.98. The van der Waals surface area contributed by atoms with Gasteiger partial charge < -0.3 is 5.73 Å². The van der Waals surface area contributed by atoms with Crippen LogP contribution >= 0.6 is 11.9 Å². The van der Waals surface area contributed by atoms with E-state index in [4.69, 9.17) is 10.9 Å². The van der Waals surface area contributed by atoms with Gasteiger partial charge in [-0.15, -0.1) is 0 Å². The van der Waals surface area contributed by atoms with E-state index in [0.717, 1.165) is 11.9 Å². The zero-order valence-electron chi connectivity index (χ0n) is 7.47. The number of Topliss-reactive ketones (excluding diaryl/α,β-unsaturated/α-hetero) is 1. The van der Waals surface area contributed by atoms with Gasteiger partial charge in [0.25, 0.3) is 0 Å². The number of ketones is 1. The van der Waals surface area contributed by atoms with Gasteiger partial charge in [0, 0.05) is 5.70 Å². The summed E-state index contributed by atoms with van der Waals surface area (Å²) in [7, 11) is 0. The summed E-state index contributed by atoms with van der Waals surface area (Å²) in [5, 5.41) is 5.13. The summed E-state index contributed by atoms with van der Waals surface area (Å²) >= 11 is 0.891. The molecule has 0 spiro atoms. The summed E-state index contributed by atoms with van der Waals surface area (Å²) in [6, 6.07) is 0. The standard InChI is InChI=1S/C5H10N2OS.C2H6/c1-3(6)5(9-7)4(2)8;1-2/h6-7H2,1-2H3;1-2H3/b5-3-;. The Hall–Kier alpha value is -0.480. The first kappa shape index (κ1) is 13.1. The summed E-state index contributed by atoms with van der Waals surface area (Å²) in [6.07, 6.45) is 0. The van der Waals surface area contributed by atoms with Crippen LogP contribution in [0.5, 0.6) is 0 Å². The molecule has 0 aromatic heterocycles. The Morgan fingerprint density at radius 3 is 1.64 bits per heavy atom. The van der Waals surface area contributed by atoms with Crippen molar-refractivity contribution in [1.82, 2.24) is 0 Å². The van der Waals surface area contributed by atoms with E-state index in [1.54, 1.807) is 6.92 Å². The second-order valence-electron chi connectivity index (χ2n) is 1.69. The van der Waals surface area contributed by atoms with Crippen LogP contribution in [0, 0.1) is 0 Å². The van der Waals surface area contributed by atoms with E-state index in [1.165, 1.54) is 6.92 Å². The molecular weight excluding hydrogens is 160 g/mol. The van der Waals surface area contributed by atoms with Crippen molar-refractivity contribution in [2.24, 2.45) is 10.9 Å². The molecule has 4 heteroatoms. The zero-order chi connectivity index (χ0) is 9.44. The lowest BCUT2D eigenvalue weighted by molar-refractivity contribution is -0.113. The Labute approximate surface area is 72.3 Å². The fourth-order valence-electron chi connectivity index (χ4n) is 0.454. The molecule has 0 rings (SSSR count). The van der Waals surface area contributed by atoms with E-state index in [9.17, 15) is 4.79 Å². The molecule has 0 aliphatic rings. The third kappa shape index (κ3) is 5.94. The third-order valence-corrected chi connectivity index (χ3v) is 1.64. The van der Waals surface area contributed by atoms with Crippen LogP contribution in [0.25, 0.3) is 0 Å². The molecule has 0 aliphatic carbocycles. The van der Waals surface area contributed by atoms with E-state index in [-0.39, 0.29) is 5.78 Å².